The van der Waals surface area contributed by atoms with Crippen LogP contribution in [0.4, 0.5) is 0 Å². The molecule has 0 bridgehead atoms. The number of rotatable bonds is 9. The first-order chi connectivity index (χ1) is 21.2. The van der Waals surface area contributed by atoms with E-state index in [-0.39, 0.29) is 33.2 Å². The molecule has 0 spiro atoms. The van der Waals surface area contributed by atoms with Gasteiger partial charge in [-0.25, -0.2) is 0 Å². The van der Waals surface area contributed by atoms with Crippen molar-refractivity contribution in [3.8, 4) is 0 Å². The molecule has 0 saturated carbocycles. The summed E-state index contributed by atoms with van der Waals surface area (Å²) in [4.78, 5) is 5.85. The Morgan fingerprint density at radius 1 is 0.532 bits per heavy atom. The van der Waals surface area contributed by atoms with Gasteiger partial charge in [0.15, 0.2) is 17.4 Å². The minimum absolute atomic E-state index is 0.0494. The summed E-state index contributed by atoms with van der Waals surface area (Å²) in [6.45, 7) is 29.5. The van der Waals surface area contributed by atoms with Crippen molar-refractivity contribution in [1.29, 1.82) is 0 Å². The van der Waals surface area contributed by atoms with E-state index in [0.29, 0.717) is 19.4 Å². The second-order valence-electron chi connectivity index (χ2n) is 17.4. The van der Waals surface area contributed by atoms with Crippen LogP contribution in [0, 0.1) is 0 Å². The highest BCUT2D eigenvalue weighted by Gasteiger charge is 2.55. The van der Waals surface area contributed by atoms with E-state index in [2.05, 4.69) is 72.3 Å². The highest BCUT2D eigenvalue weighted by molar-refractivity contribution is 5.03. The van der Waals surface area contributed by atoms with Crippen molar-refractivity contribution in [2.75, 3.05) is 49.3 Å². The summed E-state index contributed by atoms with van der Waals surface area (Å²) in [6.07, 6.45) is 6.31. The normalized spacial score (nSPS) is 27.7. The molecule has 3 fully saturated rings. The molecule has 0 unspecified atom stereocenters. The lowest BCUT2D eigenvalue weighted by Gasteiger charge is -2.56. The molecule has 0 amide bonds. The van der Waals surface area contributed by atoms with Gasteiger partial charge >= 0.3 is 0 Å². The number of piperidine rings is 3. The zero-order valence-corrected chi connectivity index (χ0v) is 33.4. The molecule has 11 nitrogen and oxygen atoms in total. The molecule has 0 aromatic rings. The lowest BCUT2D eigenvalue weighted by atomic mass is 9.78. The molecule has 3 aliphatic heterocycles. The van der Waals surface area contributed by atoms with Crippen molar-refractivity contribution in [3.05, 3.63) is 12.7 Å². The smallest absolute Gasteiger partial charge is 0.171 e. The second-order valence-corrected chi connectivity index (χ2v) is 17.4. The third kappa shape index (κ3) is 11.1. The van der Waals surface area contributed by atoms with E-state index in [0.717, 1.165) is 25.7 Å². The number of ether oxygens (including phenoxy) is 6. The Morgan fingerprint density at radius 2 is 0.809 bits per heavy atom. The van der Waals surface area contributed by atoms with E-state index in [4.69, 9.17) is 33.3 Å². The Bertz CT molecular complexity index is 925. The average Bonchev–Trinajstić information content (AvgIpc) is 2.93. The molecule has 3 heterocycles. The zero-order chi connectivity index (χ0) is 37.0. The molecule has 0 aliphatic carbocycles. The Hall–Kier alpha value is -0.700. The van der Waals surface area contributed by atoms with Crippen molar-refractivity contribution in [2.24, 2.45) is 0 Å². The summed E-state index contributed by atoms with van der Waals surface area (Å²) in [6, 6.07) is 0. The fraction of sp³-hybridized carbons (Fsp3) is 0.944. The Balaban J connectivity index is 0.000000356. The van der Waals surface area contributed by atoms with Crippen LogP contribution in [-0.2, 0) is 33.3 Å². The van der Waals surface area contributed by atoms with Gasteiger partial charge in [-0.2, -0.15) is 10.1 Å². The van der Waals surface area contributed by atoms with Crippen LogP contribution in [0.15, 0.2) is 12.7 Å². The lowest BCUT2D eigenvalue weighted by molar-refractivity contribution is -0.344. The molecule has 0 aromatic carbocycles. The van der Waals surface area contributed by atoms with Crippen LogP contribution in [0.1, 0.15) is 122 Å². The van der Waals surface area contributed by atoms with Crippen molar-refractivity contribution in [3.63, 3.8) is 0 Å². The highest BCUT2D eigenvalue weighted by atomic mass is 16.7. The number of hydrogen-bond donors (Lipinski definition) is 2. The molecule has 3 saturated heterocycles. The molecule has 3 aliphatic rings. The SMILES string of the molecule is C=CCON1C(C)(C)CC(OC)(OC)CC1(C)C.COC1(OC)CC(C)(C)N(O)C(C)(C)C1.COC1(OC)CC(C)(C)NC(C)(C)C1. The number of hydroxylamine groups is 4. The lowest BCUT2D eigenvalue weighted by Crippen LogP contribution is -2.66. The van der Waals surface area contributed by atoms with E-state index in [1.807, 2.05) is 27.7 Å². The summed E-state index contributed by atoms with van der Waals surface area (Å²) >= 11 is 0. The van der Waals surface area contributed by atoms with Crippen LogP contribution in [0.25, 0.3) is 0 Å². The first-order valence-corrected chi connectivity index (χ1v) is 16.8. The van der Waals surface area contributed by atoms with E-state index >= 15 is 0 Å². The van der Waals surface area contributed by atoms with Gasteiger partial charge in [-0.15, -0.1) is 6.58 Å². The van der Waals surface area contributed by atoms with Crippen molar-refractivity contribution >= 4 is 0 Å². The third-order valence-corrected chi connectivity index (χ3v) is 9.71. The van der Waals surface area contributed by atoms with Gasteiger partial charge in [0, 0.05) is 114 Å². The fourth-order valence-electron chi connectivity index (χ4n) is 8.70. The number of nitrogens with one attached hydrogen (secondary N) is 1. The molecule has 0 radical (unpaired) electrons. The molecule has 0 atom stereocenters. The largest absolute Gasteiger partial charge is 0.353 e. The minimum Gasteiger partial charge on any atom is -0.353 e. The molecular formula is C36H73N3O8. The molecule has 2 N–H and O–H groups in total. The van der Waals surface area contributed by atoms with Gasteiger partial charge in [0.1, 0.15) is 0 Å². The average molecular weight is 676 g/mol. The predicted molar refractivity (Wildman–Crippen MR) is 187 cm³/mol. The van der Waals surface area contributed by atoms with Crippen LogP contribution in [0.5, 0.6) is 0 Å². The van der Waals surface area contributed by atoms with Gasteiger partial charge < -0.3 is 38.9 Å². The Morgan fingerprint density at radius 3 is 1.09 bits per heavy atom. The molecule has 47 heavy (non-hydrogen) atoms. The highest BCUT2D eigenvalue weighted by Crippen LogP contribution is 2.46. The van der Waals surface area contributed by atoms with Gasteiger partial charge in [0.05, 0.1) is 6.61 Å². The first kappa shape index (κ1) is 44.3. The van der Waals surface area contributed by atoms with E-state index in [1.54, 1.807) is 48.7 Å². The van der Waals surface area contributed by atoms with E-state index in [9.17, 15) is 5.21 Å². The maximum atomic E-state index is 10.1. The van der Waals surface area contributed by atoms with Crippen molar-refractivity contribution in [2.45, 2.75) is 172 Å². The van der Waals surface area contributed by atoms with Crippen LogP contribution >= 0.6 is 0 Å². The maximum absolute atomic E-state index is 10.1. The Kier molecular flexibility index (Phi) is 14.8. The molecule has 0 aromatic heterocycles. The summed E-state index contributed by atoms with van der Waals surface area (Å²) in [7, 11) is 10.2. The molecule has 11 heteroatoms. The van der Waals surface area contributed by atoms with Gasteiger partial charge in [-0.1, -0.05) is 6.08 Å². The molecule has 3 rings (SSSR count). The topological polar surface area (TPSA) is 103 Å². The standard InChI is InChI=1S/C14H27NO3.C11H23NO3.C11H23NO2/c1-8-9-18-15-12(2,3)10-14(16-6,17-7)11-13(15,4)5;1-9(2)7-11(14-5,15-6)8-10(3,4)12(9)13;1-9(2)7-11(13-5,14-6)8-10(3,4)12-9/h8H,1,9-11H2,2-7H3;13H,7-8H2,1-6H3;12H,7-8H2,1-6H3. The van der Waals surface area contributed by atoms with Crippen molar-refractivity contribution in [1.82, 2.24) is 15.4 Å². The van der Waals surface area contributed by atoms with Gasteiger partial charge in [0.2, 0.25) is 0 Å². The summed E-state index contributed by atoms with van der Waals surface area (Å²) in [5.41, 5.74) is -0.948. The third-order valence-electron chi connectivity index (χ3n) is 9.71. The number of hydrogen-bond acceptors (Lipinski definition) is 11. The van der Waals surface area contributed by atoms with E-state index < -0.39 is 17.4 Å². The maximum Gasteiger partial charge on any atom is 0.171 e. The summed E-state index contributed by atoms with van der Waals surface area (Å²) in [5.74, 6) is -1.56. The number of nitrogens with zero attached hydrogens (tertiary/aromatic N) is 2. The molecule has 280 valence electrons. The zero-order valence-electron chi connectivity index (χ0n) is 33.4. The molecular weight excluding hydrogens is 602 g/mol. The summed E-state index contributed by atoms with van der Waals surface area (Å²) < 4.78 is 33.3. The van der Waals surface area contributed by atoms with Crippen LogP contribution in [0.3, 0.4) is 0 Å². The summed E-state index contributed by atoms with van der Waals surface area (Å²) in [5, 5.41) is 17.2. The fourth-order valence-corrected chi connectivity index (χ4v) is 8.70. The van der Waals surface area contributed by atoms with E-state index in [1.165, 1.54) is 5.06 Å². The predicted octanol–water partition coefficient (Wildman–Crippen LogP) is 6.68. The minimum atomic E-state index is -0.591. The monoisotopic (exact) mass is 676 g/mol. The van der Waals surface area contributed by atoms with Gasteiger partial charge in [0.25, 0.3) is 0 Å². The first-order valence-electron chi connectivity index (χ1n) is 16.8. The van der Waals surface area contributed by atoms with Gasteiger partial charge in [-0.05, 0) is 83.1 Å². The van der Waals surface area contributed by atoms with Crippen LogP contribution in [-0.4, -0.2) is 115 Å². The van der Waals surface area contributed by atoms with Crippen LogP contribution < -0.4 is 5.32 Å². The Labute approximate surface area is 287 Å². The number of methoxy groups -OCH3 is 6. The van der Waals surface area contributed by atoms with Gasteiger partial charge in [-0.3, -0.25) is 4.84 Å². The van der Waals surface area contributed by atoms with Crippen LogP contribution in [0.2, 0.25) is 0 Å². The van der Waals surface area contributed by atoms with Crippen molar-refractivity contribution < 1.29 is 38.5 Å². The second kappa shape index (κ2) is 15.7. The quantitative estimate of drug-likeness (QED) is 0.202.